The standard InChI is InChI=1S/C10H9BO2S/c12-11(13)10-3-1-8(2-4-10)9-5-6-14-7-9/h1-7,12-13H. The minimum Gasteiger partial charge on any atom is -0.423 e. The van der Waals surface area contributed by atoms with Crippen LogP contribution in [0.2, 0.25) is 0 Å². The van der Waals surface area contributed by atoms with Crippen LogP contribution in [0.4, 0.5) is 0 Å². The van der Waals surface area contributed by atoms with Gasteiger partial charge in [0, 0.05) is 0 Å². The van der Waals surface area contributed by atoms with E-state index in [-0.39, 0.29) is 0 Å². The minimum atomic E-state index is -1.38. The molecule has 4 heteroatoms. The molecular weight excluding hydrogens is 195 g/mol. The monoisotopic (exact) mass is 204 g/mol. The minimum absolute atomic E-state index is 0.518. The van der Waals surface area contributed by atoms with Gasteiger partial charge in [0.05, 0.1) is 0 Å². The average Bonchev–Trinajstić information content (AvgIpc) is 2.71. The van der Waals surface area contributed by atoms with Crippen LogP contribution in [0.5, 0.6) is 0 Å². The molecule has 14 heavy (non-hydrogen) atoms. The number of hydrogen-bond donors (Lipinski definition) is 2. The van der Waals surface area contributed by atoms with Crippen molar-refractivity contribution in [2.45, 2.75) is 0 Å². The van der Waals surface area contributed by atoms with E-state index < -0.39 is 7.12 Å². The van der Waals surface area contributed by atoms with Crippen LogP contribution in [-0.4, -0.2) is 17.2 Å². The maximum absolute atomic E-state index is 8.90. The van der Waals surface area contributed by atoms with E-state index in [0.29, 0.717) is 5.46 Å². The molecule has 0 aliphatic rings. The molecule has 2 rings (SSSR count). The molecule has 0 amide bonds. The third-order valence-corrected chi connectivity index (χ3v) is 2.75. The van der Waals surface area contributed by atoms with Crippen LogP contribution in [0, 0.1) is 0 Å². The molecule has 0 spiro atoms. The Balaban J connectivity index is 2.31. The van der Waals surface area contributed by atoms with Gasteiger partial charge >= 0.3 is 7.12 Å². The lowest BCUT2D eigenvalue weighted by atomic mass is 9.80. The van der Waals surface area contributed by atoms with Gasteiger partial charge < -0.3 is 10.0 Å². The molecule has 0 unspecified atom stereocenters. The van der Waals surface area contributed by atoms with Gasteiger partial charge in [0.1, 0.15) is 0 Å². The number of thiophene rings is 1. The third-order valence-electron chi connectivity index (χ3n) is 2.06. The third kappa shape index (κ3) is 1.87. The highest BCUT2D eigenvalue weighted by Crippen LogP contribution is 2.20. The Morgan fingerprint density at radius 2 is 1.64 bits per heavy atom. The molecule has 0 saturated carbocycles. The van der Waals surface area contributed by atoms with Crippen LogP contribution in [0.15, 0.2) is 41.1 Å². The molecule has 0 bridgehead atoms. The Morgan fingerprint density at radius 1 is 0.929 bits per heavy atom. The van der Waals surface area contributed by atoms with Crippen molar-refractivity contribution in [1.82, 2.24) is 0 Å². The second-order valence-electron chi connectivity index (χ2n) is 3.01. The zero-order valence-electron chi connectivity index (χ0n) is 7.42. The lowest BCUT2D eigenvalue weighted by molar-refractivity contribution is 0.426. The van der Waals surface area contributed by atoms with Gasteiger partial charge in [0.15, 0.2) is 0 Å². The summed E-state index contributed by atoms with van der Waals surface area (Å²) in [6.45, 7) is 0. The van der Waals surface area contributed by atoms with Gasteiger partial charge in [0.25, 0.3) is 0 Å². The molecule has 1 aromatic heterocycles. The Kier molecular flexibility index (Phi) is 2.68. The van der Waals surface area contributed by atoms with Crippen molar-refractivity contribution in [2.24, 2.45) is 0 Å². The van der Waals surface area contributed by atoms with Gasteiger partial charge in [-0.25, -0.2) is 0 Å². The van der Waals surface area contributed by atoms with E-state index in [0.717, 1.165) is 11.1 Å². The normalized spacial score (nSPS) is 10.1. The van der Waals surface area contributed by atoms with Gasteiger partial charge in [-0.2, -0.15) is 11.3 Å². The zero-order chi connectivity index (χ0) is 9.97. The van der Waals surface area contributed by atoms with E-state index in [1.54, 1.807) is 23.5 Å². The fraction of sp³-hybridized carbons (Fsp3) is 0. The smallest absolute Gasteiger partial charge is 0.423 e. The van der Waals surface area contributed by atoms with E-state index in [1.165, 1.54) is 0 Å². The highest BCUT2D eigenvalue weighted by molar-refractivity contribution is 7.08. The first-order chi connectivity index (χ1) is 6.77. The topological polar surface area (TPSA) is 40.5 Å². The fourth-order valence-corrected chi connectivity index (χ4v) is 1.94. The number of benzene rings is 1. The maximum atomic E-state index is 8.90. The summed E-state index contributed by atoms with van der Waals surface area (Å²) in [4.78, 5) is 0. The van der Waals surface area contributed by atoms with Crippen molar-refractivity contribution in [3.05, 3.63) is 41.1 Å². The molecule has 0 aliphatic heterocycles. The van der Waals surface area contributed by atoms with Crippen LogP contribution in [0.3, 0.4) is 0 Å². The SMILES string of the molecule is OB(O)c1ccc(-c2ccsc2)cc1. The van der Waals surface area contributed by atoms with Gasteiger partial charge in [-0.3, -0.25) is 0 Å². The average molecular weight is 204 g/mol. The highest BCUT2D eigenvalue weighted by Gasteiger charge is 2.09. The zero-order valence-corrected chi connectivity index (χ0v) is 8.24. The van der Waals surface area contributed by atoms with Gasteiger partial charge in [-0.1, -0.05) is 24.3 Å². The Morgan fingerprint density at radius 3 is 2.14 bits per heavy atom. The Bertz CT molecular complexity index is 395. The lowest BCUT2D eigenvalue weighted by Crippen LogP contribution is -2.29. The predicted octanol–water partition coefficient (Wildman–Crippen LogP) is 1.09. The Hall–Kier alpha value is -1.10. The van der Waals surface area contributed by atoms with E-state index in [1.807, 2.05) is 23.6 Å². The van der Waals surface area contributed by atoms with E-state index in [2.05, 4.69) is 5.38 Å². The molecule has 2 aromatic rings. The second-order valence-corrected chi connectivity index (χ2v) is 3.79. The van der Waals surface area contributed by atoms with Crippen LogP contribution in [0.25, 0.3) is 11.1 Å². The predicted molar refractivity (Wildman–Crippen MR) is 59.6 cm³/mol. The van der Waals surface area contributed by atoms with Gasteiger partial charge in [-0.05, 0) is 33.4 Å². The summed E-state index contributed by atoms with van der Waals surface area (Å²) in [6, 6.07) is 9.25. The summed E-state index contributed by atoms with van der Waals surface area (Å²) < 4.78 is 0. The first-order valence-electron chi connectivity index (χ1n) is 4.26. The van der Waals surface area contributed by atoms with Crippen LogP contribution in [0.1, 0.15) is 0 Å². The largest absolute Gasteiger partial charge is 0.488 e. The molecular formula is C10H9BO2S. The first kappa shape index (κ1) is 9.46. The van der Waals surface area contributed by atoms with Crippen LogP contribution >= 0.6 is 11.3 Å². The van der Waals surface area contributed by atoms with Crippen molar-refractivity contribution in [3.63, 3.8) is 0 Å². The molecule has 70 valence electrons. The van der Waals surface area contributed by atoms with Crippen molar-refractivity contribution >= 4 is 23.9 Å². The molecule has 0 saturated heterocycles. The van der Waals surface area contributed by atoms with E-state index in [9.17, 15) is 0 Å². The molecule has 2 nitrogen and oxygen atoms in total. The molecule has 0 fully saturated rings. The molecule has 1 aromatic carbocycles. The highest BCUT2D eigenvalue weighted by atomic mass is 32.1. The van der Waals surface area contributed by atoms with Crippen molar-refractivity contribution in [3.8, 4) is 11.1 Å². The quantitative estimate of drug-likeness (QED) is 0.719. The molecule has 0 radical (unpaired) electrons. The molecule has 1 heterocycles. The van der Waals surface area contributed by atoms with Crippen molar-refractivity contribution < 1.29 is 10.0 Å². The summed E-state index contributed by atoms with van der Waals surface area (Å²) in [5, 5.41) is 21.9. The summed E-state index contributed by atoms with van der Waals surface area (Å²) >= 11 is 1.65. The first-order valence-corrected chi connectivity index (χ1v) is 5.20. The van der Waals surface area contributed by atoms with Crippen LogP contribution in [-0.2, 0) is 0 Å². The van der Waals surface area contributed by atoms with E-state index in [4.69, 9.17) is 10.0 Å². The van der Waals surface area contributed by atoms with E-state index >= 15 is 0 Å². The van der Waals surface area contributed by atoms with Crippen molar-refractivity contribution in [1.29, 1.82) is 0 Å². The molecule has 2 N–H and O–H groups in total. The van der Waals surface area contributed by atoms with Crippen molar-refractivity contribution in [2.75, 3.05) is 0 Å². The Labute approximate surface area is 86.6 Å². The molecule has 0 aliphatic carbocycles. The summed E-state index contributed by atoms with van der Waals surface area (Å²) in [7, 11) is -1.38. The molecule has 0 atom stereocenters. The van der Waals surface area contributed by atoms with Gasteiger partial charge in [-0.15, -0.1) is 0 Å². The summed E-state index contributed by atoms with van der Waals surface area (Å²) in [5.74, 6) is 0. The second kappa shape index (κ2) is 3.96. The number of rotatable bonds is 2. The lowest BCUT2D eigenvalue weighted by Gasteiger charge is -2.01. The summed E-state index contributed by atoms with van der Waals surface area (Å²) in [5.41, 5.74) is 2.77. The summed E-state index contributed by atoms with van der Waals surface area (Å²) in [6.07, 6.45) is 0. The van der Waals surface area contributed by atoms with Crippen LogP contribution < -0.4 is 5.46 Å². The maximum Gasteiger partial charge on any atom is 0.488 e. The number of hydrogen-bond acceptors (Lipinski definition) is 3. The fourth-order valence-electron chi connectivity index (χ4n) is 1.28. The van der Waals surface area contributed by atoms with Gasteiger partial charge in [0.2, 0.25) is 0 Å².